The summed E-state index contributed by atoms with van der Waals surface area (Å²) in [6.45, 7) is 4.11. The van der Waals surface area contributed by atoms with Gasteiger partial charge in [-0.3, -0.25) is 4.90 Å². The van der Waals surface area contributed by atoms with Gasteiger partial charge in [0.25, 0.3) is 0 Å². The summed E-state index contributed by atoms with van der Waals surface area (Å²) in [5.41, 5.74) is 5.12. The number of amides is 1. The van der Waals surface area contributed by atoms with Crippen LogP contribution in [0, 0.1) is 13.8 Å². The van der Waals surface area contributed by atoms with Crippen molar-refractivity contribution in [3.63, 3.8) is 0 Å². The van der Waals surface area contributed by atoms with Crippen LogP contribution in [0.1, 0.15) is 11.1 Å². The number of carboxylic acid groups (broad SMARTS) is 1. The molecule has 11 nitrogen and oxygen atoms in total. The van der Waals surface area contributed by atoms with Gasteiger partial charge in [-0.25, -0.2) is 19.7 Å². The molecule has 1 aliphatic rings. The molecule has 6 rings (SSSR count). The molecule has 1 N–H and O–H groups in total. The molecule has 11 heteroatoms. The number of pyridine rings is 1. The largest absolute Gasteiger partial charge is 0.485 e. The number of fused-ring (bicyclic) bond motifs is 4. The third-order valence-electron chi connectivity index (χ3n) is 6.72. The average molecular weight is 543 g/mol. The lowest BCUT2D eigenvalue weighted by atomic mass is 10.1. The van der Waals surface area contributed by atoms with Gasteiger partial charge in [0.2, 0.25) is 11.8 Å². The molecule has 0 spiro atoms. The highest BCUT2D eigenvalue weighted by atomic mass is 16.6. The van der Waals surface area contributed by atoms with Crippen molar-refractivity contribution in [2.45, 2.75) is 20.0 Å². The van der Waals surface area contributed by atoms with E-state index in [1.807, 2.05) is 38.1 Å². The molecule has 1 atom stereocenters. The van der Waals surface area contributed by atoms with Crippen LogP contribution >= 0.6 is 0 Å². The zero-order valence-corrected chi connectivity index (χ0v) is 22.3. The summed E-state index contributed by atoms with van der Waals surface area (Å²) in [5.74, 6) is 2.51. The quantitative estimate of drug-likeness (QED) is 0.298. The summed E-state index contributed by atoms with van der Waals surface area (Å²) >= 11 is 0. The average Bonchev–Trinajstić information content (AvgIpc) is 3.41. The Morgan fingerprint density at radius 1 is 1.07 bits per heavy atom. The van der Waals surface area contributed by atoms with E-state index in [-0.39, 0.29) is 13.2 Å². The van der Waals surface area contributed by atoms with E-state index in [4.69, 9.17) is 23.4 Å². The fourth-order valence-corrected chi connectivity index (χ4v) is 4.85. The highest BCUT2D eigenvalue weighted by molar-refractivity contribution is 5.97. The number of aromatic nitrogens is 3. The molecule has 0 fully saturated rings. The summed E-state index contributed by atoms with van der Waals surface area (Å²) in [5, 5.41) is 10.6. The van der Waals surface area contributed by atoms with Gasteiger partial charge < -0.3 is 28.5 Å². The lowest BCUT2D eigenvalue weighted by Crippen LogP contribution is -2.43. The van der Waals surface area contributed by atoms with Crippen LogP contribution in [-0.4, -0.2) is 59.6 Å². The summed E-state index contributed by atoms with van der Waals surface area (Å²) in [6.07, 6.45) is 1.36. The van der Waals surface area contributed by atoms with Crippen LogP contribution in [0.5, 0.6) is 23.3 Å². The number of carbonyl (C=O) groups is 1. The van der Waals surface area contributed by atoms with Crippen LogP contribution in [-0.2, 0) is 0 Å². The molecule has 0 unspecified atom stereocenters. The first kappa shape index (κ1) is 25.2. The maximum atomic E-state index is 12.0. The first-order valence-electron chi connectivity index (χ1n) is 12.5. The molecule has 4 heterocycles. The Morgan fingerprint density at radius 3 is 2.62 bits per heavy atom. The fraction of sp³-hybridized carbons (Fsp3) is 0.241. The third kappa shape index (κ3) is 4.45. The number of benzene rings is 2. The Balaban J connectivity index is 1.33. The summed E-state index contributed by atoms with van der Waals surface area (Å²) in [6, 6.07) is 10.9. The second kappa shape index (κ2) is 9.92. The molecule has 0 saturated carbocycles. The standard InChI is InChI=1S/C29H26N4O7/c1-15-7-19(26-21(8-15)32-25(37-4)12-31-26)22-10-20-27(40-22)16(2)9-23-28(20)38-14-18(39-23)13-33(29(34)35)17-5-6-24(36-3)30-11-17/h5-12,18H,13-14H2,1-4H3,(H,34,35)/t18-/m1/s1. The van der Waals surface area contributed by atoms with Crippen LogP contribution in [0.3, 0.4) is 0 Å². The van der Waals surface area contributed by atoms with Crippen molar-refractivity contribution >= 4 is 33.8 Å². The van der Waals surface area contributed by atoms with Crippen molar-refractivity contribution < 1.29 is 33.3 Å². The van der Waals surface area contributed by atoms with E-state index in [0.717, 1.165) is 22.1 Å². The Bertz CT molecular complexity index is 1750. The molecule has 1 amide bonds. The van der Waals surface area contributed by atoms with Gasteiger partial charge in [-0.2, -0.15) is 0 Å². The first-order chi connectivity index (χ1) is 19.3. The van der Waals surface area contributed by atoms with Crippen molar-refractivity contribution in [1.29, 1.82) is 0 Å². The van der Waals surface area contributed by atoms with E-state index in [9.17, 15) is 9.90 Å². The molecule has 0 radical (unpaired) electrons. The van der Waals surface area contributed by atoms with Crippen LogP contribution in [0.4, 0.5) is 10.5 Å². The lowest BCUT2D eigenvalue weighted by Gasteiger charge is -2.30. The Morgan fingerprint density at radius 2 is 1.90 bits per heavy atom. The van der Waals surface area contributed by atoms with E-state index in [2.05, 4.69) is 15.0 Å². The number of aryl methyl sites for hydroxylation is 2. The minimum Gasteiger partial charge on any atom is -0.485 e. The van der Waals surface area contributed by atoms with Gasteiger partial charge in [0.05, 0.1) is 55.3 Å². The highest BCUT2D eigenvalue weighted by Gasteiger charge is 2.29. The van der Waals surface area contributed by atoms with Gasteiger partial charge in [0.15, 0.2) is 17.6 Å². The molecular weight excluding hydrogens is 516 g/mol. The highest BCUT2D eigenvalue weighted by Crippen LogP contribution is 2.44. The number of methoxy groups -OCH3 is 2. The zero-order chi connectivity index (χ0) is 28.0. The minimum absolute atomic E-state index is 0.0495. The second-order valence-corrected chi connectivity index (χ2v) is 9.47. The van der Waals surface area contributed by atoms with Crippen molar-refractivity contribution in [2.24, 2.45) is 0 Å². The van der Waals surface area contributed by atoms with Crippen molar-refractivity contribution in [3.8, 4) is 34.6 Å². The van der Waals surface area contributed by atoms with Gasteiger partial charge in [0.1, 0.15) is 18.0 Å². The number of hydrogen-bond acceptors (Lipinski definition) is 9. The van der Waals surface area contributed by atoms with Crippen LogP contribution in [0.2, 0.25) is 0 Å². The van der Waals surface area contributed by atoms with Gasteiger partial charge in [-0.05, 0) is 55.3 Å². The Kier molecular flexibility index (Phi) is 6.25. The number of nitrogens with zero attached hydrogens (tertiary/aromatic N) is 4. The second-order valence-electron chi connectivity index (χ2n) is 9.47. The number of rotatable bonds is 6. The topological polar surface area (TPSA) is 129 Å². The fourth-order valence-electron chi connectivity index (χ4n) is 4.85. The summed E-state index contributed by atoms with van der Waals surface area (Å²) < 4.78 is 29.1. The van der Waals surface area contributed by atoms with Crippen molar-refractivity contribution in [1.82, 2.24) is 15.0 Å². The zero-order valence-electron chi connectivity index (χ0n) is 22.3. The molecule has 0 saturated heterocycles. The van der Waals surface area contributed by atoms with Crippen LogP contribution in [0.15, 0.2) is 53.2 Å². The molecule has 40 heavy (non-hydrogen) atoms. The van der Waals surface area contributed by atoms with Crippen LogP contribution < -0.4 is 23.8 Å². The van der Waals surface area contributed by atoms with Gasteiger partial charge in [0, 0.05) is 11.6 Å². The monoisotopic (exact) mass is 542 g/mol. The lowest BCUT2D eigenvalue weighted by molar-refractivity contribution is 0.0959. The normalized spacial score (nSPS) is 14.3. The smallest absolute Gasteiger partial charge is 0.411 e. The maximum Gasteiger partial charge on any atom is 0.411 e. The molecule has 3 aromatic heterocycles. The summed E-state index contributed by atoms with van der Waals surface area (Å²) in [7, 11) is 3.05. The molecule has 204 valence electrons. The maximum absolute atomic E-state index is 12.0. The van der Waals surface area contributed by atoms with Gasteiger partial charge in [-0.15, -0.1) is 0 Å². The molecule has 2 aromatic carbocycles. The molecule has 0 aliphatic carbocycles. The van der Waals surface area contributed by atoms with Gasteiger partial charge >= 0.3 is 6.09 Å². The molecule has 1 aliphatic heterocycles. The van der Waals surface area contributed by atoms with Crippen molar-refractivity contribution in [3.05, 3.63) is 59.9 Å². The van der Waals surface area contributed by atoms with Gasteiger partial charge in [-0.1, -0.05) is 0 Å². The van der Waals surface area contributed by atoms with Crippen LogP contribution in [0.25, 0.3) is 33.3 Å². The summed E-state index contributed by atoms with van der Waals surface area (Å²) in [4.78, 5) is 26.4. The molecule has 5 aromatic rings. The molecule has 0 bridgehead atoms. The Hall–Kier alpha value is -5.06. The van der Waals surface area contributed by atoms with E-state index in [1.54, 1.807) is 25.4 Å². The van der Waals surface area contributed by atoms with E-state index >= 15 is 0 Å². The van der Waals surface area contributed by atoms with E-state index in [0.29, 0.717) is 51.3 Å². The first-order valence-corrected chi connectivity index (χ1v) is 12.5. The minimum atomic E-state index is -1.13. The number of ether oxygens (including phenoxy) is 4. The SMILES string of the molecule is COc1ccc(N(C[C@@H]2COc3c(cc(C)c4oc(-c5cc(C)cc6nc(OC)cnc56)cc34)O2)C(=O)O)cn1. The number of furan rings is 1. The van der Waals surface area contributed by atoms with E-state index < -0.39 is 12.2 Å². The third-order valence-corrected chi connectivity index (χ3v) is 6.72. The number of anilines is 1. The molecular formula is C29H26N4O7. The Labute approximate surface area is 228 Å². The predicted molar refractivity (Wildman–Crippen MR) is 147 cm³/mol. The number of hydrogen-bond donors (Lipinski definition) is 1. The van der Waals surface area contributed by atoms with Crippen molar-refractivity contribution in [2.75, 3.05) is 32.3 Å². The predicted octanol–water partition coefficient (Wildman–Crippen LogP) is 5.40. The van der Waals surface area contributed by atoms with E-state index in [1.165, 1.54) is 18.2 Å².